The van der Waals surface area contributed by atoms with Crippen molar-refractivity contribution in [2.24, 2.45) is 0 Å². The average molecular weight is 357 g/mol. The van der Waals surface area contributed by atoms with Crippen molar-refractivity contribution in [3.05, 3.63) is 56.4 Å². The number of carboxylic acid groups (broad SMARTS) is 1. The molecule has 0 bridgehead atoms. The molecule has 0 aliphatic carbocycles. The molecule has 1 aromatic heterocycles. The molecule has 0 saturated carbocycles. The zero-order valence-corrected chi connectivity index (χ0v) is 14.9. The molecule has 0 fully saturated rings. The van der Waals surface area contributed by atoms with E-state index >= 15 is 0 Å². The van der Waals surface area contributed by atoms with E-state index in [1.54, 1.807) is 50.9 Å². The molecule has 136 valence electrons. The Balaban J connectivity index is 2.31. The fourth-order valence-corrected chi connectivity index (χ4v) is 3.32. The molecule has 0 atom stereocenters. The van der Waals surface area contributed by atoms with Crippen LogP contribution in [-0.2, 0) is 16.8 Å². The second-order valence-electron chi connectivity index (χ2n) is 6.74. The summed E-state index contributed by atoms with van der Waals surface area (Å²) < 4.78 is 2.01. The SMILES string of the molecule is CCn1c(=O)c(C(=O)O)cn(-c2ccc3c(c2)C(C)(C)C(=O)N3C)c1=O. The molecule has 2 heterocycles. The minimum absolute atomic E-state index is 0.0520. The molecule has 0 unspecified atom stereocenters. The fraction of sp³-hybridized carbons (Fsp3) is 0.333. The topological polar surface area (TPSA) is 102 Å². The molecule has 1 N–H and O–H groups in total. The minimum atomic E-state index is -1.40. The van der Waals surface area contributed by atoms with Crippen molar-refractivity contribution < 1.29 is 14.7 Å². The maximum atomic E-state index is 12.6. The molecule has 2 aromatic rings. The van der Waals surface area contributed by atoms with Crippen LogP contribution in [0.15, 0.2) is 34.0 Å². The lowest BCUT2D eigenvalue weighted by Crippen LogP contribution is -2.41. The fourth-order valence-electron chi connectivity index (χ4n) is 3.32. The summed E-state index contributed by atoms with van der Waals surface area (Å²) >= 11 is 0. The molecule has 0 saturated heterocycles. The molecule has 1 aliphatic rings. The number of likely N-dealkylation sites (N-methyl/N-ethyl adjacent to an activating group) is 1. The number of hydrogen-bond donors (Lipinski definition) is 1. The zero-order chi connectivity index (χ0) is 19.4. The normalized spacial score (nSPS) is 15.2. The van der Waals surface area contributed by atoms with Gasteiger partial charge >= 0.3 is 11.7 Å². The standard InChI is InChI=1S/C18H19N3O5/c1-5-20-14(22)11(15(23)24)9-21(17(20)26)10-6-7-13-12(8-10)18(2,3)16(25)19(13)4/h6-9H,5H2,1-4H3,(H,23,24). The first-order chi connectivity index (χ1) is 12.1. The predicted molar refractivity (Wildman–Crippen MR) is 95.4 cm³/mol. The molecule has 8 heteroatoms. The van der Waals surface area contributed by atoms with Gasteiger partial charge in [-0.05, 0) is 44.5 Å². The quantitative estimate of drug-likeness (QED) is 0.882. The number of carboxylic acids is 1. The summed E-state index contributed by atoms with van der Waals surface area (Å²) in [5.74, 6) is -1.47. The summed E-state index contributed by atoms with van der Waals surface area (Å²) in [6, 6.07) is 5.03. The van der Waals surface area contributed by atoms with Gasteiger partial charge in [-0.25, -0.2) is 9.59 Å². The van der Waals surface area contributed by atoms with Crippen LogP contribution >= 0.6 is 0 Å². The minimum Gasteiger partial charge on any atom is -0.477 e. The van der Waals surface area contributed by atoms with Crippen LogP contribution in [0.25, 0.3) is 5.69 Å². The highest BCUT2D eigenvalue weighted by Crippen LogP contribution is 2.41. The molecule has 3 rings (SSSR count). The van der Waals surface area contributed by atoms with Gasteiger partial charge in [0.15, 0.2) is 0 Å². The Hall–Kier alpha value is -3.16. The summed E-state index contributed by atoms with van der Waals surface area (Å²) in [5.41, 5.74) is -0.845. The Morgan fingerprint density at radius 1 is 1.19 bits per heavy atom. The van der Waals surface area contributed by atoms with Gasteiger partial charge in [0.1, 0.15) is 5.56 Å². The first-order valence-electron chi connectivity index (χ1n) is 8.14. The molecule has 0 spiro atoms. The third-order valence-electron chi connectivity index (χ3n) is 4.85. The van der Waals surface area contributed by atoms with Crippen molar-refractivity contribution >= 4 is 17.6 Å². The van der Waals surface area contributed by atoms with Crippen LogP contribution in [-0.4, -0.2) is 33.2 Å². The van der Waals surface area contributed by atoms with E-state index in [1.165, 1.54) is 0 Å². The first kappa shape index (κ1) is 17.7. The summed E-state index contributed by atoms with van der Waals surface area (Å²) in [4.78, 5) is 50.1. The van der Waals surface area contributed by atoms with Gasteiger partial charge < -0.3 is 10.0 Å². The molecule has 1 aromatic carbocycles. The van der Waals surface area contributed by atoms with Gasteiger partial charge in [0.2, 0.25) is 5.91 Å². The highest BCUT2D eigenvalue weighted by molar-refractivity contribution is 6.07. The Morgan fingerprint density at radius 2 is 1.85 bits per heavy atom. The third kappa shape index (κ3) is 2.29. The molecule has 26 heavy (non-hydrogen) atoms. The number of nitrogens with zero attached hydrogens (tertiary/aromatic N) is 3. The zero-order valence-electron chi connectivity index (χ0n) is 14.9. The van der Waals surface area contributed by atoms with Gasteiger partial charge in [0, 0.05) is 25.5 Å². The van der Waals surface area contributed by atoms with Crippen molar-refractivity contribution in [3.8, 4) is 5.69 Å². The van der Waals surface area contributed by atoms with E-state index in [4.69, 9.17) is 0 Å². The average Bonchev–Trinajstić information content (AvgIpc) is 2.76. The predicted octanol–water partition coefficient (Wildman–Crippen LogP) is 0.971. The Morgan fingerprint density at radius 3 is 2.42 bits per heavy atom. The van der Waals surface area contributed by atoms with Gasteiger partial charge in [-0.2, -0.15) is 0 Å². The lowest BCUT2D eigenvalue weighted by Gasteiger charge is -2.17. The second-order valence-corrected chi connectivity index (χ2v) is 6.74. The lowest BCUT2D eigenvalue weighted by molar-refractivity contribution is -0.121. The summed E-state index contributed by atoms with van der Waals surface area (Å²) in [7, 11) is 1.68. The van der Waals surface area contributed by atoms with E-state index in [2.05, 4.69) is 0 Å². The van der Waals surface area contributed by atoms with Gasteiger partial charge in [0.25, 0.3) is 5.56 Å². The van der Waals surface area contributed by atoms with Crippen LogP contribution in [0.1, 0.15) is 36.7 Å². The van der Waals surface area contributed by atoms with Gasteiger partial charge in [-0.3, -0.25) is 18.7 Å². The number of carbonyl (C=O) groups is 2. The smallest absolute Gasteiger partial charge is 0.342 e. The van der Waals surface area contributed by atoms with Crippen molar-refractivity contribution in [2.75, 3.05) is 11.9 Å². The maximum Gasteiger partial charge on any atom is 0.342 e. The Labute approximate surface area is 148 Å². The second kappa shape index (κ2) is 5.69. The van der Waals surface area contributed by atoms with Crippen LogP contribution in [0.4, 0.5) is 5.69 Å². The van der Waals surface area contributed by atoms with E-state index < -0.39 is 28.2 Å². The number of aromatic carboxylic acids is 1. The van der Waals surface area contributed by atoms with Crippen molar-refractivity contribution in [1.29, 1.82) is 0 Å². The molecular weight excluding hydrogens is 338 g/mol. The monoisotopic (exact) mass is 357 g/mol. The number of benzene rings is 1. The molecule has 0 radical (unpaired) electrons. The van der Waals surface area contributed by atoms with Crippen LogP contribution in [0, 0.1) is 0 Å². The Kier molecular flexibility index (Phi) is 3.86. The van der Waals surface area contributed by atoms with Crippen LogP contribution in [0.2, 0.25) is 0 Å². The van der Waals surface area contributed by atoms with E-state index in [0.29, 0.717) is 5.69 Å². The lowest BCUT2D eigenvalue weighted by atomic mass is 9.86. The number of carbonyl (C=O) groups excluding carboxylic acids is 1. The van der Waals surface area contributed by atoms with Crippen molar-refractivity contribution in [3.63, 3.8) is 0 Å². The summed E-state index contributed by atoms with van der Waals surface area (Å²) in [5, 5.41) is 9.28. The Bertz CT molecular complexity index is 1060. The first-order valence-corrected chi connectivity index (χ1v) is 8.14. The summed E-state index contributed by atoms with van der Waals surface area (Å²) in [6.07, 6.45) is 1.04. The highest BCUT2D eigenvalue weighted by atomic mass is 16.4. The summed E-state index contributed by atoms with van der Waals surface area (Å²) in [6.45, 7) is 5.23. The molecule has 1 amide bonds. The maximum absolute atomic E-state index is 12.6. The van der Waals surface area contributed by atoms with Crippen molar-refractivity contribution in [1.82, 2.24) is 9.13 Å². The van der Waals surface area contributed by atoms with Gasteiger partial charge in [0.05, 0.1) is 11.1 Å². The molecular formula is C18H19N3O5. The number of aromatic nitrogens is 2. The van der Waals surface area contributed by atoms with Crippen molar-refractivity contribution in [2.45, 2.75) is 32.7 Å². The van der Waals surface area contributed by atoms with E-state index in [9.17, 15) is 24.3 Å². The third-order valence-corrected chi connectivity index (χ3v) is 4.85. The van der Waals surface area contributed by atoms with Crippen LogP contribution < -0.4 is 16.1 Å². The van der Waals surface area contributed by atoms with E-state index in [1.807, 2.05) is 0 Å². The largest absolute Gasteiger partial charge is 0.477 e. The van der Waals surface area contributed by atoms with Crippen LogP contribution in [0.5, 0.6) is 0 Å². The van der Waals surface area contributed by atoms with E-state index in [0.717, 1.165) is 26.6 Å². The van der Waals surface area contributed by atoms with Crippen LogP contribution in [0.3, 0.4) is 0 Å². The number of hydrogen-bond acceptors (Lipinski definition) is 4. The van der Waals surface area contributed by atoms with Gasteiger partial charge in [-0.1, -0.05) is 0 Å². The van der Waals surface area contributed by atoms with Gasteiger partial charge in [-0.15, -0.1) is 0 Å². The highest BCUT2D eigenvalue weighted by Gasteiger charge is 2.42. The number of anilines is 1. The molecule has 1 aliphatic heterocycles. The number of rotatable bonds is 3. The van der Waals surface area contributed by atoms with E-state index in [-0.39, 0.29) is 12.5 Å². The number of fused-ring (bicyclic) bond motifs is 1. The molecule has 8 nitrogen and oxygen atoms in total. The number of amides is 1.